The van der Waals surface area contributed by atoms with Crippen LogP contribution >= 0.6 is 0 Å². The van der Waals surface area contributed by atoms with E-state index in [1.54, 1.807) is 0 Å². The molecule has 2 aromatic carbocycles. The van der Waals surface area contributed by atoms with Gasteiger partial charge in [-0.3, -0.25) is 4.79 Å². The van der Waals surface area contributed by atoms with Gasteiger partial charge in [-0.2, -0.15) is 0 Å². The predicted octanol–water partition coefficient (Wildman–Crippen LogP) is 3.36. The molecule has 0 aromatic heterocycles. The molecular formula is C15H11F2NO. The number of hydrogen-bond donors (Lipinski definition) is 1. The topological polar surface area (TPSA) is 29.1 Å². The molecular weight excluding hydrogens is 248 g/mol. The quantitative estimate of drug-likeness (QED) is 0.838. The van der Waals surface area contributed by atoms with Crippen LogP contribution in [0.25, 0.3) is 0 Å². The lowest BCUT2D eigenvalue weighted by Gasteiger charge is -2.09. The molecule has 1 heterocycles. The third kappa shape index (κ3) is 2.10. The molecule has 3 rings (SSSR count). The molecule has 1 aliphatic rings. The van der Waals surface area contributed by atoms with Crippen LogP contribution in [0.5, 0.6) is 0 Å². The number of hydrogen-bond acceptors (Lipinski definition) is 2. The van der Waals surface area contributed by atoms with Gasteiger partial charge < -0.3 is 5.32 Å². The van der Waals surface area contributed by atoms with E-state index in [2.05, 4.69) is 5.32 Å². The number of para-hydroxylation sites is 1. The zero-order valence-corrected chi connectivity index (χ0v) is 9.99. The molecule has 0 bridgehead atoms. The Morgan fingerprint density at radius 3 is 2.53 bits per heavy atom. The van der Waals surface area contributed by atoms with Crippen molar-refractivity contribution in [1.82, 2.24) is 0 Å². The molecule has 0 amide bonds. The molecule has 19 heavy (non-hydrogen) atoms. The summed E-state index contributed by atoms with van der Waals surface area (Å²) in [6.07, 6.45) is 0. The number of rotatable bonds is 2. The van der Waals surface area contributed by atoms with Gasteiger partial charge in [0.05, 0.1) is 5.92 Å². The average molecular weight is 259 g/mol. The Kier molecular flexibility index (Phi) is 2.78. The summed E-state index contributed by atoms with van der Waals surface area (Å²) in [5.41, 5.74) is 1.84. The Balaban J connectivity index is 1.98. The highest BCUT2D eigenvalue weighted by atomic mass is 19.1. The summed E-state index contributed by atoms with van der Waals surface area (Å²) in [6, 6.07) is 10.4. The summed E-state index contributed by atoms with van der Waals surface area (Å²) in [5, 5.41) is 3.12. The van der Waals surface area contributed by atoms with Crippen LogP contribution in [-0.2, 0) is 0 Å². The van der Waals surface area contributed by atoms with Crippen molar-refractivity contribution < 1.29 is 13.6 Å². The van der Waals surface area contributed by atoms with Crippen molar-refractivity contribution in [2.75, 3.05) is 11.9 Å². The van der Waals surface area contributed by atoms with Gasteiger partial charge in [-0.15, -0.1) is 0 Å². The fourth-order valence-electron chi connectivity index (χ4n) is 2.42. The number of carbonyl (C=O) groups is 1. The molecule has 96 valence electrons. The Morgan fingerprint density at radius 2 is 1.79 bits per heavy atom. The van der Waals surface area contributed by atoms with E-state index < -0.39 is 17.6 Å². The number of benzene rings is 2. The average Bonchev–Trinajstić information content (AvgIpc) is 2.80. The maximum atomic E-state index is 13.2. The van der Waals surface area contributed by atoms with Gasteiger partial charge in [0.1, 0.15) is 11.6 Å². The van der Waals surface area contributed by atoms with Gasteiger partial charge in [0.15, 0.2) is 5.78 Å². The third-order valence-electron chi connectivity index (χ3n) is 3.30. The van der Waals surface area contributed by atoms with E-state index in [1.807, 2.05) is 24.3 Å². The van der Waals surface area contributed by atoms with Crippen molar-refractivity contribution in [2.24, 2.45) is 0 Å². The van der Waals surface area contributed by atoms with Gasteiger partial charge in [-0.25, -0.2) is 8.78 Å². The first-order valence-electron chi connectivity index (χ1n) is 5.98. The fourth-order valence-corrected chi connectivity index (χ4v) is 2.42. The van der Waals surface area contributed by atoms with E-state index in [-0.39, 0.29) is 11.3 Å². The van der Waals surface area contributed by atoms with E-state index in [1.165, 1.54) is 0 Å². The molecule has 1 N–H and O–H groups in total. The zero-order valence-electron chi connectivity index (χ0n) is 9.99. The van der Waals surface area contributed by atoms with Crippen molar-refractivity contribution in [3.63, 3.8) is 0 Å². The SMILES string of the molecule is O=C(c1cc(F)cc(F)c1)C1CNc2ccccc21. The van der Waals surface area contributed by atoms with Crippen LogP contribution in [-0.4, -0.2) is 12.3 Å². The second-order valence-electron chi connectivity index (χ2n) is 4.54. The minimum Gasteiger partial charge on any atom is -0.384 e. The van der Waals surface area contributed by atoms with Gasteiger partial charge in [0, 0.05) is 23.9 Å². The molecule has 1 unspecified atom stereocenters. The second-order valence-corrected chi connectivity index (χ2v) is 4.54. The highest BCUT2D eigenvalue weighted by Crippen LogP contribution is 2.33. The normalized spacial score (nSPS) is 16.8. The van der Waals surface area contributed by atoms with Crippen molar-refractivity contribution >= 4 is 11.5 Å². The Morgan fingerprint density at radius 1 is 1.11 bits per heavy atom. The molecule has 0 fully saturated rings. The monoisotopic (exact) mass is 259 g/mol. The van der Waals surface area contributed by atoms with Gasteiger partial charge in [0.2, 0.25) is 0 Å². The number of Topliss-reactive ketones (excluding diaryl/α,β-unsaturated/α-hetero) is 1. The second kappa shape index (κ2) is 4.46. The lowest BCUT2D eigenvalue weighted by Crippen LogP contribution is -2.15. The Bertz CT molecular complexity index is 634. The van der Waals surface area contributed by atoms with E-state index >= 15 is 0 Å². The lowest BCUT2D eigenvalue weighted by molar-refractivity contribution is 0.0965. The highest BCUT2D eigenvalue weighted by Gasteiger charge is 2.29. The summed E-state index contributed by atoms with van der Waals surface area (Å²) in [4.78, 5) is 12.3. The number of halogens is 2. The molecule has 4 heteroatoms. The maximum absolute atomic E-state index is 13.2. The first kappa shape index (κ1) is 11.8. The maximum Gasteiger partial charge on any atom is 0.172 e. The van der Waals surface area contributed by atoms with E-state index in [0.717, 1.165) is 29.4 Å². The van der Waals surface area contributed by atoms with E-state index in [9.17, 15) is 13.6 Å². The van der Waals surface area contributed by atoms with Crippen LogP contribution in [0.15, 0.2) is 42.5 Å². The molecule has 0 radical (unpaired) electrons. The van der Waals surface area contributed by atoms with Crippen LogP contribution in [0.1, 0.15) is 21.8 Å². The standard InChI is InChI=1S/C15H11F2NO/c16-10-5-9(6-11(17)7-10)15(19)13-8-18-14-4-2-1-3-12(13)14/h1-7,13,18H,8H2. The van der Waals surface area contributed by atoms with Gasteiger partial charge in [-0.1, -0.05) is 18.2 Å². The molecule has 2 aromatic rings. The highest BCUT2D eigenvalue weighted by molar-refractivity contribution is 6.03. The van der Waals surface area contributed by atoms with Crippen LogP contribution in [0, 0.1) is 11.6 Å². The third-order valence-corrected chi connectivity index (χ3v) is 3.30. The van der Waals surface area contributed by atoms with Crippen LogP contribution in [0.3, 0.4) is 0 Å². The summed E-state index contributed by atoms with van der Waals surface area (Å²) >= 11 is 0. The molecule has 0 aliphatic carbocycles. The summed E-state index contributed by atoms with van der Waals surface area (Å²) in [6.45, 7) is 0.455. The number of anilines is 1. The minimum absolute atomic E-state index is 0.0704. The first-order chi connectivity index (χ1) is 9.15. The van der Waals surface area contributed by atoms with E-state index in [0.29, 0.717) is 6.54 Å². The van der Waals surface area contributed by atoms with Crippen molar-refractivity contribution in [3.8, 4) is 0 Å². The fraction of sp³-hybridized carbons (Fsp3) is 0.133. The Hall–Kier alpha value is -2.23. The first-order valence-corrected chi connectivity index (χ1v) is 5.98. The largest absolute Gasteiger partial charge is 0.384 e. The number of nitrogens with one attached hydrogen (secondary N) is 1. The van der Waals surface area contributed by atoms with Gasteiger partial charge in [0.25, 0.3) is 0 Å². The number of carbonyl (C=O) groups excluding carboxylic acids is 1. The predicted molar refractivity (Wildman–Crippen MR) is 68.4 cm³/mol. The van der Waals surface area contributed by atoms with Crippen LogP contribution in [0.4, 0.5) is 14.5 Å². The molecule has 2 nitrogen and oxygen atoms in total. The molecule has 1 aliphatic heterocycles. The summed E-state index contributed by atoms with van der Waals surface area (Å²) < 4.78 is 26.3. The van der Waals surface area contributed by atoms with Crippen LogP contribution < -0.4 is 5.32 Å². The Labute approximate surface area is 109 Å². The minimum atomic E-state index is -0.734. The summed E-state index contributed by atoms with van der Waals surface area (Å²) in [7, 11) is 0. The van der Waals surface area contributed by atoms with Gasteiger partial charge in [-0.05, 0) is 23.8 Å². The molecule has 0 spiro atoms. The van der Waals surface area contributed by atoms with Crippen molar-refractivity contribution in [1.29, 1.82) is 0 Å². The number of ketones is 1. The number of fused-ring (bicyclic) bond motifs is 1. The smallest absolute Gasteiger partial charge is 0.172 e. The lowest BCUT2D eigenvalue weighted by atomic mass is 9.92. The zero-order chi connectivity index (χ0) is 13.4. The summed E-state index contributed by atoms with van der Waals surface area (Å²) in [5.74, 6) is -2.13. The molecule has 0 saturated carbocycles. The van der Waals surface area contributed by atoms with Crippen molar-refractivity contribution in [3.05, 3.63) is 65.2 Å². The van der Waals surface area contributed by atoms with Crippen molar-refractivity contribution in [2.45, 2.75) is 5.92 Å². The molecule has 1 atom stereocenters. The van der Waals surface area contributed by atoms with E-state index in [4.69, 9.17) is 0 Å². The van der Waals surface area contributed by atoms with Gasteiger partial charge >= 0.3 is 0 Å². The molecule has 0 saturated heterocycles. The van der Waals surface area contributed by atoms with Crippen LogP contribution in [0.2, 0.25) is 0 Å².